The Hall–Kier alpha value is -2.71. The van der Waals surface area contributed by atoms with Crippen molar-refractivity contribution in [2.45, 2.75) is 6.18 Å². The first-order chi connectivity index (χ1) is 9.74. The molecule has 0 spiro atoms. The molecule has 2 rings (SSSR count). The molecule has 110 valence electrons. The van der Waals surface area contributed by atoms with Crippen LogP contribution in [-0.4, -0.2) is 11.2 Å². The number of carbonyl (C=O) groups excluding carboxylic acids is 1. The summed E-state index contributed by atoms with van der Waals surface area (Å²) in [5.41, 5.74) is -3.21. The lowest BCUT2D eigenvalue weighted by Crippen LogP contribution is -2.09. The van der Waals surface area contributed by atoms with Crippen LogP contribution in [0.2, 0.25) is 0 Å². The first-order valence-electron chi connectivity index (χ1n) is 5.34. The third-order valence-electron chi connectivity index (χ3n) is 2.60. The van der Waals surface area contributed by atoms with Gasteiger partial charge in [-0.3, -0.25) is 14.9 Å². The van der Waals surface area contributed by atoms with Crippen LogP contribution in [0.5, 0.6) is 0 Å². The standard InChI is InChI=1S/C12H5F4NO4/c13-9-3-7(11-2-1-6(5-18)21-11)10(17(19)20)4-8(9)12(14,15)16/h1-5H. The second-order valence-corrected chi connectivity index (χ2v) is 3.92. The summed E-state index contributed by atoms with van der Waals surface area (Å²) in [6.45, 7) is 0. The van der Waals surface area contributed by atoms with Gasteiger partial charge in [0, 0.05) is 6.07 Å². The summed E-state index contributed by atoms with van der Waals surface area (Å²) >= 11 is 0. The van der Waals surface area contributed by atoms with E-state index in [9.17, 15) is 32.5 Å². The third kappa shape index (κ3) is 2.76. The highest BCUT2D eigenvalue weighted by atomic mass is 19.4. The van der Waals surface area contributed by atoms with E-state index >= 15 is 0 Å². The fraction of sp³-hybridized carbons (Fsp3) is 0.0833. The number of nitrogens with zero attached hydrogens (tertiary/aromatic N) is 1. The number of nitro groups is 1. The summed E-state index contributed by atoms with van der Waals surface area (Å²) in [5, 5.41) is 10.9. The van der Waals surface area contributed by atoms with Crippen molar-refractivity contribution in [3.63, 3.8) is 0 Å². The third-order valence-corrected chi connectivity index (χ3v) is 2.60. The zero-order chi connectivity index (χ0) is 15.8. The molecule has 0 aliphatic rings. The lowest BCUT2D eigenvalue weighted by molar-refractivity contribution is -0.384. The van der Waals surface area contributed by atoms with Crippen LogP contribution in [0.3, 0.4) is 0 Å². The quantitative estimate of drug-likeness (QED) is 0.374. The van der Waals surface area contributed by atoms with Gasteiger partial charge in [0.2, 0.25) is 0 Å². The molecule has 0 aliphatic heterocycles. The minimum atomic E-state index is -5.06. The van der Waals surface area contributed by atoms with Gasteiger partial charge in [-0.2, -0.15) is 13.2 Å². The molecule has 0 N–H and O–H groups in total. The van der Waals surface area contributed by atoms with Crippen molar-refractivity contribution < 1.29 is 31.7 Å². The van der Waals surface area contributed by atoms with Crippen LogP contribution in [0.15, 0.2) is 28.7 Å². The first-order valence-corrected chi connectivity index (χ1v) is 5.34. The predicted molar refractivity (Wildman–Crippen MR) is 61.1 cm³/mol. The molecule has 0 saturated carbocycles. The number of carbonyl (C=O) groups is 1. The number of hydrogen-bond acceptors (Lipinski definition) is 4. The van der Waals surface area contributed by atoms with Crippen molar-refractivity contribution in [3.8, 4) is 11.3 Å². The number of rotatable bonds is 3. The van der Waals surface area contributed by atoms with Crippen molar-refractivity contribution in [2.75, 3.05) is 0 Å². The first kappa shape index (κ1) is 14.7. The topological polar surface area (TPSA) is 73.3 Å². The van der Waals surface area contributed by atoms with Gasteiger partial charge in [0.15, 0.2) is 12.0 Å². The number of furan rings is 1. The zero-order valence-corrected chi connectivity index (χ0v) is 9.98. The highest BCUT2D eigenvalue weighted by Crippen LogP contribution is 2.39. The maximum atomic E-state index is 13.5. The van der Waals surface area contributed by atoms with Crippen LogP contribution in [0.25, 0.3) is 11.3 Å². The van der Waals surface area contributed by atoms with E-state index in [1.807, 2.05) is 0 Å². The number of benzene rings is 1. The molecule has 21 heavy (non-hydrogen) atoms. The van der Waals surface area contributed by atoms with Crippen molar-refractivity contribution in [3.05, 3.63) is 51.5 Å². The monoisotopic (exact) mass is 303 g/mol. The van der Waals surface area contributed by atoms with Crippen molar-refractivity contribution in [1.82, 2.24) is 0 Å². The number of aldehydes is 1. The van der Waals surface area contributed by atoms with Gasteiger partial charge >= 0.3 is 6.18 Å². The summed E-state index contributed by atoms with van der Waals surface area (Å²) < 4.78 is 56.0. The fourth-order valence-corrected chi connectivity index (χ4v) is 1.69. The summed E-state index contributed by atoms with van der Waals surface area (Å²) in [7, 11) is 0. The highest BCUT2D eigenvalue weighted by molar-refractivity contribution is 5.75. The van der Waals surface area contributed by atoms with Crippen LogP contribution in [-0.2, 0) is 6.18 Å². The van der Waals surface area contributed by atoms with Crippen molar-refractivity contribution >= 4 is 12.0 Å². The molecule has 0 bridgehead atoms. The van der Waals surface area contributed by atoms with E-state index in [2.05, 4.69) is 0 Å². The number of nitro benzene ring substituents is 1. The van der Waals surface area contributed by atoms with Crippen LogP contribution < -0.4 is 0 Å². The zero-order valence-electron chi connectivity index (χ0n) is 9.98. The van der Waals surface area contributed by atoms with Crippen LogP contribution in [0.4, 0.5) is 23.2 Å². The Labute approximate surface area is 113 Å². The van der Waals surface area contributed by atoms with Gasteiger partial charge in [-0.05, 0) is 18.2 Å². The summed E-state index contributed by atoms with van der Waals surface area (Å²) in [6, 6.07) is 2.72. The van der Waals surface area contributed by atoms with Gasteiger partial charge in [-0.25, -0.2) is 4.39 Å². The molecule has 0 amide bonds. The summed E-state index contributed by atoms with van der Waals surface area (Å²) in [4.78, 5) is 20.2. The van der Waals surface area contributed by atoms with E-state index < -0.39 is 33.7 Å². The minimum Gasteiger partial charge on any atom is -0.453 e. The molecule has 0 saturated heterocycles. The van der Waals surface area contributed by atoms with Gasteiger partial charge in [0.25, 0.3) is 5.69 Å². The van der Waals surface area contributed by atoms with Crippen LogP contribution in [0.1, 0.15) is 16.1 Å². The van der Waals surface area contributed by atoms with E-state index in [1.165, 1.54) is 0 Å². The largest absolute Gasteiger partial charge is 0.453 e. The van der Waals surface area contributed by atoms with E-state index in [0.29, 0.717) is 12.4 Å². The molecular weight excluding hydrogens is 298 g/mol. The molecule has 0 atom stereocenters. The average molecular weight is 303 g/mol. The molecule has 2 aromatic rings. The molecule has 0 unspecified atom stereocenters. The Morgan fingerprint density at radius 2 is 1.90 bits per heavy atom. The maximum Gasteiger partial charge on any atom is 0.419 e. The molecule has 1 heterocycles. The molecule has 5 nitrogen and oxygen atoms in total. The molecule has 0 fully saturated rings. The number of halogens is 4. The van der Waals surface area contributed by atoms with Gasteiger partial charge in [-0.1, -0.05) is 0 Å². The van der Waals surface area contributed by atoms with E-state index in [4.69, 9.17) is 4.42 Å². The smallest absolute Gasteiger partial charge is 0.419 e. The van der Waals surface area contributed by atoms with E-state index in [-0.39, 0.29) is 17.6 Å². The van der Waals surface area contributed by atoms with Gasteiger partial charge in [-0.15, -0.1) is 0 Å². The second kappa shape index (κ2) is 5.00. The van der Waals surface area contributed by atoms with E-state index in [1.54, 1.807) is 0 Å². The molecular formula is C12H5F4NO4. The Bertz CT molecular complexity index is 721. The molecule has 1 aromatic carbocycles. The SMILES string of the molecule is O=Cc1ccc(-c2cc(F)c(C(F)(F)F)cc2[N+](=O)[O-])o1. The minimum absolute atomic E-state index is 0.0910. The summed E-state index contributed by atoms with van der Waals surface area (Å²) in [6.07, 6.45) is -4.76. The van der Waals surface area contributed by atoms with Crippen molar-refractivity contribution in [2.24, 2.45) is 0 Å². The Morgan fingerprint density at radius 3 is 2.38 bits per heavy atom. The fourth-order valence-electron chi connectivity index (χ4n) is 1.69. The average Bonchev–Trinajstić information content (AvgIpc) is 2.85. The second-order valence-electron chi connectivity index (χ2n) is 3.92. The number of alkyl halides is 3. The van der Waals surface area contributed by atoms with Crippen LogP contribution >= 0.6 is 0 Å². The van der Waals surface area contributed by atoms with Gasteiger partial charge in [0.1, 0.15) is 11.6 Å². The lowest BCUT2D eigenvalue weighted by Gasteiger charge is -2.09. The maximum absolute atomic E-state index is 13.5. The van der Waals surface area contributed by atoms with Gasteiger partial charge in [0.05, 0.1) is 16.1 Å². The lowest BCUT2D eigenvalue weighted by atomic mass is 10.1. The Morgan fingerprint density at radius 1 is 1.24 bits per heavy atom. The Kier molecular flexibility index (Phi) is 3.50. The molecule has 9 heteroatoms. The molecule has 0 radical (unpaired) electrons. The van der Waals surface area contributed by atoms with Gasteiger partial charge < -0.3 is 4.42 Å². The van der Waals surface area contributed by atoms with Crippen molar-refractivity contribution in [1.29, 1.82) is 0 Å². The number of hydrogen-bond donors (Lipinski definition) is 0. The predicted octanol–water partition coefficient (Wildman–Crippen LogP) is 3.83. The Balaban J connectivity index is 2.68. The molecule has 0 aliphatic carbocycles. The summed E-state index contributed by atoms with van der Waals surface area (Å²) in [5.74, 6) is -2.15. The van der Waals surface area contributed by atoms with E-state index in [0.717, 1.165) is 12.1 Å². The van der Waals surface area contributed by atoms with Crippen LogP contribution in [0, 0.1) is 15.9 Å². The molecule has 1 aromatic heterocycles. The normalized spacial score (nSPS) is 11.4. The highest BCUT2D eigenvalue weighted by Gasteiger charge is 2.37.